The molecule has 0 saturated heterocycles. The molecule has 0 saturated carbocycles. The molecule has 1 N–H and O–H groups in total. The number of aryl methyl sites for hydroxylation is 1. The standard InChI is InChI=1S/C15H20N4O/c1-3-8-19-14(10-17-18-19)15-13-5-4-12(20-2)9-11(13)6-7-16-15/h4-5,9-10,15-16H,3,6-8H2,1-2H3. The van der Waals surface area contributed by atoms with E-state index in [0.29, 0.717) is 0 Å². The summed E-state index contributed by atoms with van der Waals surface area (Å²) in [6.07, 6.45) is 3.95. The first kappa shape index (κ1) is 13.1. The Balaban J connectivity index is 1.99. The maximum atomic E-state index is 5.32. The smallest absolute Gasteiger partial charge is 0.119 e. The van der Waals surface area contributed by atoms with E-state index >= 15 is 0 Å². The molecule has 5 heteroatoms. The Labute approximate surface area is 118 Å². The molecule has 1 atom stereocenters. The van der Waals surface area contributed by atoms with Crippen molar-refractivity contribution in [1.29, 1.82) is 0 Å². The summed E-state index contributed by atoms with van der Waals surface area (Å²) in [4.78, 5) is 0. The van der Waals surface area contributed by atoms with Crippen LogP contribution in [0.2, 0.25) is 0 Å². The van der Waals surface area contributed by atoms with Gasteiger partial charge in [-0.25, -0.2) is 4.68 Å². The molecule has 20 heavy (non-hydrogen) atoms. The van der Waals surface area contributed by atoms with E-state index in [0.717, 1.165) is 37.4 Å². The first-order chi connectivity index (χ1) is 9.83. The maximum absolute atomic E-state index is 5.32. The maximum Gasteiger partial charge on any atom is 0.119 e. The normalized spacial score (nSPS) is 17.8. The SMILES string of the molecule is CCCn1nncc1C1NCCc2cc(OC)ccc21. The highest BCUT2D eigenvalue weighted by Crippen LogP contribution is 2.30. The third-order valence-corrected chi connectivity index (χ3v) is 3.78. The second-order valence-corrected chi connectivity index (χ2v) is 5.08. The van der Waals surface area contributed by atoms with Crippen molar-refractivity contribution < 1.29 is 4.74 Å². The van der Waals surface area contributed by atoms with Gasteiger partial charge in [-0.15, -0.1) is 5.10 Å². The molecule has 3 rings (SSSR count). The summed E-state index contributed by atoms with van der Waals surface area (Å²) >= 11 is 0. The van der Waals surface area contributed by atoms with Crippen molar-refractivity contribution in [3.8, 4) is 5.75 Å². The molecule has 0 radical (unpaired) electrons. The van der Waals surface area contributed by atoms with Gasteiger partial charge in [-0.2, -0.15) is 0 Å². The Morgan fingerprint density at radius 3 is 3.15 bits per heavy atom. The Hall–Kier alpha value is -1.88. The second-order valence-electron chi connectivity index (χ2n) is 5.08. The van der Waals surface area contributed by atoms with Gasteiger partial charge in [0, 0.05) is 13.1 Å². The van der Waals surface area contributed by atoms with Gasteiger partial charge in [0.1, 0.15) is 5.75 Å². The number of aromatic nitrogens is 3. The topological polar surface area (TPSA) is 52.0 Å². The van der Waals surface area contributed by atoms with Crippen molar-refractivity contribution >= 4 is 0 Å². The minimum atomic E-state index is 0.172. The van der Waals surface area contributed by atoms with E-state index in [1.165, 1.54) is 11.1 Å². The van der Waals surface area contributed by atoms with E-state index in [9.17, 15) is 0 Å². The van der Waals surface area contributed by atoms with Crippen LogP contribution in [-0.2, 0) is 13.0 Å². The molecule has 0 aliphatic carbocycles. The average molecular weight is 272 g/mol. The highest BCUT2D eigenvalue weighted by atomic mass is 16.5. The van der Waals surface area contributed by atoms with Gasteiger partial charge in [0.2, 0.25) is 0 Å². The number of nitrogens with zero attached hydrogens (tertiary/aromatic N) is 3. The van der Waals surface area contributed by atoms with Gasteiger partial charge in [0.25, 0.3) is 0 Å². The van der Waals surface area contributed by atoms with Crippen LogP contribution in [0.4, 0.5) is 0 Å². The van der Waals surface area contributed by atoms with Gasteiger partial charge >= 0.3 is 0 Å². The fourth-order valence-corrected chi connectivity index (χ4v) is 2.81. The fourth-order valence-electron chi connectivity index (χ4n) is 2.81. The number of rotatable bonds is 4. The van der Waals surface area contributed by atoms with Crippen LogP contribution in [0.3, 0.4) is 0 Å². The summed E-state index contributed by atoms with van der Waals surface area (Å²) in [5.41, 5.74) is 3.78. The molecule has 0 spiro atoms. The molecule has 0 amide bonds. The van der Waals surface area contributed by atoms with E-state index in [2.05, 4.69) is 34.7 Å². The van der Waals surface area contributed by atoms with Gasteiger partial charge in [0.15, 0.2) is 0 Å². The quantitative estimate of drug-likeness (QED) is 0.924. The first-order valence-corrected chi connectivity index (χ1v) is 7.12. The lowest BCUT2D eigenvalue weighted by atomic mass is 9.92. The number of nitrogens with one attached hydrogen (secondary N) is 1. The minimum absolute atomic E-state index is 0.172. The van der Waals surface area contributed by atoms with E-state index < -0.39 is 0 Å². The number of benzene rings is 1. The summed E-state index contributed by atoms with van der Waals surface area (Å²) in [6.45, 7) is 4.01. The third kappa shape index (κ3) is 2.29. The van der Waals surface area contributed by atoms with Crippen molar-refractivity contribution in [1.82, 2.24) is 20.3 Å². The molecule has 1 aliphatic heterocycles. The Bertz CT molecular complexity index is 593. The lowest BCUT2D eigenvalue weighted by Gasteiger charge is -2.27. The Morgan fingerprint density at radius 1 is 1.45 bits per heavy atom. The van der Waals surface area contributed by atoms with Crippen molar-refractivity contribution in [2.45, 2.75) is 32.4 Å². The van der Waals surface area contributed by atoms with E-state index in [1.807, 2.05) is 16.9 Å². The number of methoxy groups -OCH3 is 1. The number of hydrogen-bond donors (Lipinski definition) is 1. The van der Waals surface area contributed by atoms with Crippen LogP contribution in [0.1, 0.15) is 36.2 Å². The molecule has 0 bridgehead atoms. The van der Waals surface area contributed by atoms with Crippen LogP contribution in [-0.4, -0.2) is 28.6 Å². The molecule has 1 aromatic heterocycles. The molecule has 1 aliphatic rings. The third-order valence-electron chi connectivity index (χ3n) is 3.78. The fraction of sp³-hybridized carbons (Fsp3) is 0.467. The summed E-state index contributed by atoms with van der Waals surface area (Å²) < 4.78 is 7.32. The van der Waals surface area contributed by atoms with E-state index in [1.54, 1.807) is 7.11 Å². The highest BCUT2D eigenvalue weighted by molar-refractivity contribution is 5.42. The summed E-state index contributed by atoms with van der Waals surface area (Å²) in [6, 6.07) is 6.48. The molecule has 0 fully saturated rings. The zero-order valence-corrected chi connectivity index (χ0v) is 12.0. The summed E-state index contributed by atoms with van der Waals surface area (Å²) in [5.74, 6) is 0.921. The number of fused-ring (bicyclic) bond motifs is 1. The first-order valence-electron chi connectivity index (χ1n) is 7.12. The van der Waals surface area contributed by atoms with E-state index in [4.69, 9.17) is 4.74 Å². The molecule has 5 nitrogen and oxygen atoms in total. The molecule has 1 unspecified atom stereocenters. The molecule has 2 heterocycles. The lowest BCUT2D eigenvalue weighted by Crippen LogP contribution is -2.32. The zero-order chi connectivity index (χ0) is 13.9. The van der Waals surface area contributed by atoms with Crippen LogP contribution in [0.25, 0.3) is 0 Å². The minimum Gasteiger partial charge on any atom is -0.497 e. The van der Waals surface area contributed by atoms with Crippen LogP contribution in [0, 0.1) is 0 Å². The van der Waals surface area contributed by atoms with Crippen molar-refractivity contribution in [3.05, 3.63) is 41.2 Å². The molecule has 2 aromatic rings. The average Bonchev–Trinajstić information content (AvgIpc) is 2.94. The molecule has 1 aromatic carbocycles. The number of ether oxygens (including phenoxy) is 1. The Kier molecular flexibility index (Phi) is 3.69. The molecular formula is C15H20N4O. The highest BCUT2D eigenvalue weighted by Gasteiger charge is 2.24. The second kappa shape index (κ2) is 5.63. The number of hydrogen-bond acceptors (Lipinski definition) is 4. The Morgan fingerprint density at radius 2 is 2.35 bits per heavy atom. The largest absolute Gasteiger partial charge is 0.497 e. The van der Waals surface area contributed by atoms with Crippen LogP contribution in [0.15, 0.2) is 24.4 Å². The van der Waals surface area contributed by atoms with Gasteiger partial charge < -0.3 is 10.1 Å². The van der Waals surface area contributed by atoms with E-state index in [-0.39, 0.29) is 6.04 Å². The van der Waals surface area contributed by atoms with Gasteiger partial charge in [-0.05, 0) is 36.1 Å². The van der Waals surface area contributed by atoms with Crippen LogP contribution in [0.5, 0.6) is 5.75 Å². The lowest BCUT2D eigenvalue weighted by molar-refractivity contribution is 0.412. The van der Waals surface area contributed by atoms with Crippen LogP contribution >= 0.6 is 0 Å². The van der Waals surface area contributed by atoms with Crippen molar-refractivity contribution in [2.75, 3.05) is 13.7 Å². The summed E-state index contributed by atoms with van der Waals surface area (Å²) in [7, 11) is 1.71. The van der Waals surface area contributed by atoms with Crippen LogP contribution < -0.4 is 10.1 Å². The van der Waals surface area contributed by atoms with Gasteiger partial charge in [-0.3, -0.25) is 0 Å². The predicted molar refractivity (Wildman–Crippen MR) is 76.9 cm³/mol. The predicted octanol–water partition coefficient (Wildman–Crippen LogP) is 1.93. The van der Waals surface area contributed by atoms with Crippen molar-refractivity contribution in [3.63, 3.8) is 0 Å². The molecule has 106 valence electrons. The zero-order valence-electron chi connectivity index (χ0n) is 12.0. The van der Waals surface area contributed by atoms with Gasteiger partial charge in [0.05, 0.1) is 25.0 Å². The van der Waals surface area contributed by atoms with Crippen molar-refractivity contribution in [2.24, 2.45) is 0 Å². The summed E-state index contributed by atoms with van der Waals surface area (Å²) in [5, 5.41) is 11.8. The van der Waals surface area contributed by atoms with Gasteiger partial charge in [-0.1, -0.05) is 18.2 Å². The molecular weight excluding hydrogens is 252 g/mol. The monoisotopic (exact) mass is 272 g/mol.